The molecule has 0 saturated heterocycles. The normalized spacial score (nSPS) is 12.1. The molecule has 4 aromatic rings. The zero-order valence-corrected chi connectivity index (χ0v) is 18.6. The van der Waals surface area contributed by atoms with Crippen LogP contribution in [-0.2, 0) is 0 Å². The fraction of sp³-hybridized carbons (Fsp3) is 0.222. The van der Waals surface area contributed by atoms with Crippen molar-refractivity contribution < 1.29 is 13.9 Å². The predicted octanol–water partition coefficient (Wildman–Crippen LogP) is 5.54. The number of rotatable bonds is 8. The van der Waals surface area contributed by atoms with Crippen LogP contribution in [0.1, 0.15) is 18.1 Å². The highest BCUT2D eigenvalue weighted by molar-refractivity contribution is 5.82. The van der Waals surface area contributed by atoms with E-state index in [9.17, 15) is 4.79 Å². The van der Waals surface area contributed by atoms with E-state index in [1.807, 2.05) is 74.8 Å². The topological polar surface area (TPSA) is 51.9 Å². The molecule has 164 valence electrons. The summed E-state index contributed by atoms with van der Waals surface area (Å²) in [5, 5.41) is 0.535. The largest absolute Gasteiger partial charge is 0.497 e. The van der Waals surface area contributed by atoms with Crippen LogP contribution in [-0.4, -0.2) is 32.6 Å². The Kier molecular flexibility index (Phi) is 6.57. The van der Waals surface area contributed by atoms with Gasteiger partial charge in [0.25, 0.3) is 0 Å². The lowest BCUT2D eigenvalue weighted by atomic mass is 10.0. The minimum atomic E-state index is -0.143. The molecule has 32 heavy (non-hydrogen) atoms. The molecule has 1 unspecified atom stereocenters. The summed E-state index contributed by atoms with van der Waals surface area (Å²) in [4.78, 5) is 15.1. The van der Waals surface area contributed by atoms with Gasteiger partial charge in [0.1, 0.15) is 29.4 Å². The van der Waals surface area contributed by atoms with Crippen LogP contribution >= 0.6 is 0 Å². The molecule has 1 atom stereocenters. The molecule has 3 aromatic carbocycles. The average molecular weight is 430 g/mol. The van der Waals surface area contributed by atoms with E-state index >= 15 is 0 Å². The molecule has 0 spiro atoms. The van der Waals surface area contributed by atoms with Gasteiger partial charge in [0.2, 0.25) is 0 Å². The maximum Gasteiger partial charge on any atom is 0.200 e. The van der Waals surface area contributed by atoms with Crippen LogP contribution in [0.4, 0.5) is 0 Å². The van der Waals surface area contributed by atoms with Gasteiger partial charge in [-0.2, -0.15) is 0 Å². The quantitative estimate of drug-likeness (QED) is 0.368. The van der Waals surface area contributed by atoms with Crippen LogP contribution in [0.3, 0.4) is 0 Å². The second kappa shape index (κ2) is 9.71. The van der Waals surface area contributed by atoms with E-state index in [4.69, 9.17) is 13.9 Å². The van der Waals surface area contributed by atoms with E-state index in [2.05, 4.69) is 4.90 Å². The molecule has 0 bridgehead atoms. The second-order valence-electron chi connectivity index (χ2n) is 7.97. The Morgan fingerprint density at radius 1 is 0.938 bits per heavy atom. The maximum atomic E-state index is 13.0. The van der Waals surface area contributed by atoms with Gasteiger partial charge < -0.3 is 18.8 Å². The molecule has 0 aliphatic rings. The van der Waals surface area contributed by atoms with Crippen LogP contribution in [0.5, 0.6) is 11.5 Å². The van der Waals surface area contributed by atoms with E-state index in [0.29, 0.717) is 22.3 Å². The Labute approximate surface area is 187 Å². The molecule has 0 aliphatic carbocycles. The standard InChI is InChI=1S/C27H27NO4/c1-28(2)16-15-25(20-9-11-21(30-3)12-10-20)32-22-13-14-23-26(17-22)31-18-24(27(23)29)19-7-5-4-6-8-19/h4-14,17-18,25H,15-16H2,1-3H3. The molecule has 4 rings (SSSR count). The first-order valence-electron chi connectivity index (χ1n) is 10.6. The summed E-state index contributed by atoms with van der Waals surface area (Å²) in [5.74, 6) is 1.47. The summed E-state index contributed by atoms with van der Waals surface area (Å²) in [6, 6.07) is 22.9. The molecule has 0 aliphatic heterocycles. The fourth-order valence-electron chi connectivity index (χ4n) is 3.65. The molecule has 0 radical (unpaired) electrons. The zero-order valence-electron chi connectivity index (χ0n) is 18.6. The third-order valence-corrected chi connectivity index (χ3v) is 5.44. The second-order valence-corrected chi connectivity index (χ2v) is 7.97. The smallest absolute Gasteiger partial charge is 0.200 e. The Morgan fingerprint density at radius 2 is 1.66 bits per heavy atom. The number of benzene rings is 3. The van der Waals surface area contributed by atoms with Gasteiger partial charge >= 0.3 is 0 Å². The predicted molar refractivity (Wildman–Crippen MR) is 127 cm³/mol. The molecule has 5 heteroatoms. The van der Waals surface area contributed by atoms with E-state index in [1.165, 1.54) is 6.26 Å². The van der Waals surface area contributed by atoms with Crippen molar-refractivity contribution in [2.24, 2.45) is 0 Å². The first kappa shape index (κ1) is 21.7. The van der Waals surface area contributed by atoms with Gasteiger partial charge in [0.05, 0.1) is 18.1 Å². The maximum absolute atomic E-state index is 13.0. The SMILES string of the molecule is COc1ccc(C(CCN(C)C)Oc2ccc3c(=O)c(-c4ccccc4)coc3c2)cc1. The van der Waals surface area contributed by atoms with Crippen molar-refractivity contribution in [3.63, 3.8) is 0 Å². The summed E-state index contributed by atoms with van der Waals surface area (Å²) in [5.41, 5.74) is 2.91. The van der Waals surface area contributed by atoms with Gasteiger partial charge in [-0.25, -0.2) is 0 Å². The number of hydrogen-bond acceptors (Lipinski definition) is 5. The molecule has 1 heterocycles. The van der Waals surface area contributed by atoms with Crippen LogP contribution in [0.15, 0.2) is 88.3 Å². The first-order valence-corrected chi connectivity index (χ1v) is 10.6. The zero-order chi connectivity index (χ0) is 22.5. The van der Waals surface area contributed by atoms with Crippen molar-refractivity contribution in [2.75, 3.05) is 27.7 Å². The average Bonchev–Trinajstić information content (AvgIpc) is 2.82. The molecular formula is C27H27NO4. The highest BCUT2D eigenvalue weighted by Gasteiger charge is 2.16. The summed E-state index contributed by atoms with van der Waals surface area (Å²) < 4.78 is 17.5. The van der Waals surface area contributed by atoms with Crippen LogP contribution in [0, 0.1) is 0 Å². The number of fused-ring (bicyclic) bond motifs is 1. The first-order chi connectivity index (χ1) is 15.5. The molecule has 1 aromatic heterocycles. The van der Waals surface area contributed by atoms with Crippen LogP contribution < -0.4 is 14.9 Å². The molecule has 0 amide bonds. The summed E-state index contributed by atoms with van der Waals surface area (Å²) in [6.07, 6.45) is 2.20. The van der Waals surface area contributed by atoms with Crippen LogP contribution in [0.25, 0.3) is 22.1 Å². The van der Waals surface area contributed by atoms with Gasteiger partial charge in [-0.3, -0.25) is 4.79 Å². The Balaban J connectivity index is 1.63. The van der Waals surface area contributed by atoms with Crippen molar-refractivity contribution in [3.05, 3.63) is 94.8 Å². The third-order valence-electron chi connectivity index (χ3n) is 5.44. The Morgan fingerprint density at radius 3 is 2.34 bits per heavy atom. The molecule has 5 nitrogen and oxygen atoms in total. The minimum Gasteiger partial charge on any atom is -0.497 e. The number of hydrogen-bond donors (Lipinski definition) is 0. The number of ether oxygens (including phenoxy) is 2. The van der Waals surface area contributed by atoms with Crippen molar-refractivity contribution in [3.8, 4) is 22.6 Å². The molecule has 0 fully saturated rings. The van der Waals surface area contributed by atoms with Gasteiger partial charge in [-0.1, -0.05) is 42.5 Å². The van der Waals surface area contributed by atoms with Gasteiger partial charge in [0, 0.05) is 19.0 Å². The molecule has 0 saturated carbocycles. The summed E-state index contributed by atoms with van der Waals surface area (Å²) in [6.45, 7) is 0.875. The van der Waals surface area contributed by atoms with Gasteiger partial charge in [-0.15, -0.1) is 0 Å². The van der Waals surface area contributed by atoms with E-state index in [1.54, 1.807) is 19.2 Å². The van der Waals surface area contributed by atoms with Crippen molar-refractivity contribution in [1.82, 2.24) is 4.90 Å². The van der Waals surface area contributed by atoms with Crippen molar-refractivity contribution in [1.29, 1.82) is 0 Å². The fourth-order valence-corrected chi connectivity index (χ4v) is 3.65. The Hall–Kier alpha value is -3.57. The lowest BCUT2D eigenvalue weighted by molar-refractivity contribution is 0.179. The van der Waals surface area contributed by atoms with E-state index in [0.717, 1.165) is 29.8 Å². The summed E-state index contributed by atoms with van der Waals surface area (Å²) >= 11 is 0. The number of methoxy groups -OCH3 is 1. The van der Waals surface area contributed by atoms with Crippen molar-refractivity contribution in [2.45, 2.75) is 12.5 Å². The third kappa shape index (κ3) is 4.84. The Bertz CT molecular complexity index is 1230. The van der Waals surface area contributed by atoms with Crippen molar-refractivity contribution >= 4 is 11.0 Å². The highest BCUT2D eigenvalue weighted by Crippen LogP contribution is 2.29. The van der Waals surface area contributed by atoms with Gasteiger partial charge in [-0.05, 0) is 49.5 Å². The molecule has 0 N–H and O–H groups in total. The monoisotopic (exact) mass is 429 g/mol. The minimum absolute atomic E-state index is 0.0525. The van der Waals surface area contributed by atoms with Crippen LogP contribution in [0.2, 0.25) is 0 Å². The van der Waals surface area contributed by atoms with E-state index in [-0.39, 0.29) is 11.5 Å². The lowest BCUT2D eigenvalue weighted by Crippen LogP contribution is -2.18. The highest BCUT2D eigenvalue weighted by atomic mass is 16.5. The lowest BCUT2D eigenvalue weighted by Gasteiger charge is -2.22. The summed E-state index contributed by atoms with van der Waals surface area (Å²) in [7, 11) is 5.74. The van der Waals surface area contributed by atoms with E-state index < -0.39 is 0 Å². The number of nitrogens with zero attached hydrogens (tertiary/aromatic N) is 1. The van der Waals surface area contributed by atoms with Gasteiger partial charge in [0.15, 0.2) is 5.43 Å². The molecular weight excluding hydrogens is 402 g/mol.